The van der Waals surface area contributed by atoms with E-state index in [4.69, 9.17) is 4.98 Å². The van der Waals surface area contributed by atoms with Gasteiger partial charge < -0.3 is 10.2 Å². The van der Waals surface area contributed by atoms with Crippen LogP contribution in [0.15, 0.2) is 5.38 Å². The van der Waals surface area contributed by atoms with Crippen molar-refractivity contribution in [3.05, 3.63) is 11.1 Å². The molecule has 4 nitrogen and oxygen atoms in total. The third-order valence-corrected chi connectivity index (χ3v) is 4.36. The molecule has 1 fully saturated rings. The van der Waals surface area contributed by atoms with E-state index in [9.17, 15) is 0 Å². The SMILES string of the molecule is CCCN1CCN(c2nc(CNC(C)C)cs2)CC1. The second kappa shape index (κ2) is 7.22. The first-order valence-electron chi connectivity index (χ1n) is 7.34. The van der Waals surface area contributed by atoms with E-state index in [1.165, 1.54) is 36.9 Å². The van der Waals surface area contributed by atoms with Crippen molar-refractivity contribution >= 4 is 16.5 Å². The smallest absolute Gasteiger partial charge is 0.185 e. The van der Waals surface area contributed by atoms with Gasteiger partial charge in [-0.2, -0.15) is 0 Å². The maximum absolute atomic E-state index is 4.74. The van der Waals surface area contributed by atoms with Crippen LogP contribution in [0.4, 0.5) is 5.13 Å². The van der Waals surface area contributed by atoms with Crippen molar-refractivity contribution in [1.29, 1.82) is 0 Å². The van der Waals surface area contributed by atoms with Crippen molar-refractivity contribution in [3.8, 4) is 0 Å². The maximum atomic E-state index is 4.74. The molecule has 108 valence electrons. The molecule has 1 aromatic rings. The highest BCUT2D eigenvalue weighted by atomic mass is 32.1. The number of nitrogens with zero attached hydrogens (tertiary/aromatic N) is 3. The van der Waals surface area contributed by atoms with E-state index in [0.29, 0.717) is 6.04 Å². The average Bonchev–Trinajstić information content (AvgIpc) is 2.86. The number of hydrogen-bond acceptors (Lipinski definition) is 5. The Morgan fingerprint density at radius 2 is 2.05 bits per heavy atom. The van der Waals surface area contributed by atoms with E-state index >= 15 is 0 Å². The Balaban J connectivity index is 1.82. The van der Waals surface area contributed by atoms with Crippen LogP contribution in [0.1, 0.15) is 32.9 Å². The van der Waals surface area contributed by atoms with Crippen LogP contribution in [0.5, 0.6) is 0 Å². The second-order valence-electron chi connectivity index (χ2n) is 5.49. The third-order valence-electron chi connectivity index (χ3n) is 3.41. The van der Waals surface area contributed by atoms with E-state index in [-0.39, 0.29) is 0 Å². The Hall–Kier alpha value is -0.650. The number of nitrogens with one attached hydrogen (secondary N) is 1. The fourth-order valence-electron chi connectivity index (χ4n) is 2.31. The molecule has 0 unspecified atom stereocenters. The summed E-state index contributed by atoms with van der Waals surface area (Å²) in [7, 11) is 0. The molecule has 1 aliphatic rings. The molecule has 0 spiro atoms. The number of piperazine rings is 1. The fourth-order valence-corrected chi connectivity index (χ4v) is 3.19. The number of thiazole rings is 1. The summed E-state index contributed by atoms with van der Waals surface area (Å²) >= 11 is 1.78. The Morgan fingerprint density at radius 3 is 2.68 bits per heavy atom. The van der Waals surface area contributed by atoms with Gasteiger partial charge in [-0.3, -0.25) is 4.90 Å². The number of hydrogen-bond donors (Lipinski definition) is 1. The van der Waals surface area contributed by atoms with Gasteiger partial charge in [0.05, 0.1) is 5.69 Å². The molecular weight excluding hydrogens is 256 g/mol. The second-order valence-corrected chi connectivity index (χ2v) is 6.32. The molecule has 1 aromatic heterocycles. The predicted molar refractivity (Wildman–Crippen MR) is 83.0 cm³/mol. The van der Waals surface area contributed by atoms with Crippen molar-refractivity contribution in [2.24, 2.45) is 0 Å². The van der Waals surface area contributed by atoms with Gasteiger partial charge in [0.25, 0.3) is 0 Å². The molecule has 19 heavy (non-hydrogen) atoms. The minimum Gasteiger partial charge on any atom is -0.346 e. The summed E-state index contributed by atoms with van der Waals surface area (Å²) in [6.07, 6.45) is 1.25. The maximum Gasteiger partial charge on any atom is 0.185 e. The molecular formula is C14H26N4S. The van der Waals surface area contributed by atoms with Gasteiger partial charge in [0.2, 0.25) is 0 Å². The topological polar surface area (TPSA) is 31.4 Å². The highest BCUT2D eigenvalue weighted by Gasteiger charge is 2.18. The van der Waals surface area contributed by atoms with Gasteiger partial charge >= 0.3 is 0 Å². The first kappa shape index (κ1) is 14.8. The molecule has 0 atom stereocenters. The quantitative estimate of drug-likeness (QED) is 0.866. The van der Waals surface area contributed by atoms with Crippen molar-refractivity contribution < 1.29 is 0 Å². The Labute approximate surface area is 120 Å². The van der Waals surface area contributed by atoms with Crippen LogP contribution in [0.2, 0.25) is 0 Å². The van der Waals surface area contributed by atoms with Crippen molar-refractivity contribution in [3.63, 3.8) is 0 Å². The molecule has 1 aliphatic heterocycles. The van der Waals surface area contributed by atoms with Crippen LogP contribution in [0.3, 0.4) is 0 Å². The van der Waals surface area contributed by atoms with Crippen LogP contribution >= 0.6 is 11.3 Å². The highest BCUT2D eigenvalue weighted by Crippen LogP contribution is 2.21. The molecule has 1 N–H and O–H groups in total. The highest BCUT2D eigenvalue weighted by molar-refractivity contribution is 7.13. The van der Waals surface area contributed by atoms with Crippen molar-refractivity contribution in [2.75, 3.05) is 37.6 Å². The van der Waals surface area contributed by atoms with Crippen LogP contribution in [0, 0.1) is 0 Å². The lowest BCUT2D eigenvalue weighted by Crippen LogP contribution is -2.46. The van der Waals surface area contributed by atoms with Gasteiger partial charge in [-0.25, -0.2) is 4.98 Å². The summed E-state index contributed by atoms with van der Waals surface area (Å²) in [6.45, 7) is 13.3. The van der Waals surface area contributed by atoms with E-state index < -0.39 is 0 Å². The normalized spacial score (nSPS) is 17.4. The summed E-state index contributed by atoms with van der Waals surface area (Å²) in [4.78, 5) is 9.71. The summed E-state index contributed by atoms with van der Waals surface area (Å²) in [6, 6.07) is 0.516. The van der Waals surface area contributed by atoms with Crippen LogP contribution in [-0.2, 0) is 6.54 Å². The van der Waals surface area contributed by atoms with Crippen LogP contribution in [-0.4, -0.2) is 48.6 Å². The first-order valence-corrected chi connectivity index (χ1v) is 8.22. The number of aromatic nitrogens is 1. The predicted octanol–water partition coefficient (Wildman–Crippen LogP) is 2.17. The zero-order valence-electron chi connectivity index (χ0n) is 12.4. The van der Waals surface area contributed by atoms with E-state index in [1.807, 2.05) is 0 Å². The summed E-state index contributed by atoms with van der Waals surface area (Å²) < 4.78 is 0. The van der Waals surface area contributed by atoms with Gasteiger partial charge in [-0.15, -0.1) is 11.3 Å². The van der Waals surface area contributed by atoms with Crippen molar-refractivity contribution in [2.45, 2.75) is 39.8 Å². The van der Waals surface area contributed by atoms with Gasteiger partial charge in [-0.1, -0.05) is 20.8 Å². The number of rotatable bonds is 6. The average molecular weight is 282 g/mol. The summed E-state index contributed by atoms with van der Waals surface area (Å²) in [5.41, 5.74) is 1.17. The van der Waals surface area contributed by atoms with Gasteiger partial charge in [0.1, 0.15) is 0 Å². The van der Waals surface area contributed by atoms with Gasteiger partial charge in [-0.05, 0) is 13.0 Å². The minimum absolute atomic E-state index is 0.516. The van der Waals surface area contributed by atoms with Crippen molar-refractivity contribution in [1.82, 2.24) is 15.2 Å². The zero-order chi connectivity index (χ0) is 13.7. The van der Waals surface area contributed by atoms with Crippen LogP contribution in [0.25, 0.3) is 0 Å². The largest absolute Gasteiger partial charge is 0.346 e. The molecule has 0 radical (unpaired) electrons. The van der Waals surface area contributed by atoms with Gasteiger partial charge in [0, 0.05) is 44.1 Å². The molecule has 5 heteroatoms. The standard InChI is InChI=1S/C14H26N4S/c1-4-5-17-6-8-18(9-7-17)14-16-13(11-19-14)10-15-12(2)3/h11-12,15H,4-10H2,1-3H3. The summed E-state index contributed by atoms with van der Waals surface area (Å²) in [5, 5.41) is 6.79. The lowest BCUT2D eigenvalue weighted by Gasteiger charge is -2.34. The molecule has 2 heterocycles. The Kier molecular flexibility index (Phi) is 5.60. The summed E-state index contributed by atoms with van der Waals surface area (Å²) in [5.74, 6) is 0. The van der Waals surface area contributed by atoms with E-state index in [2.05, 4.69) is 41.3 Å². The lowest BCUT2D eigenvalue weighted by atomic mass is 10.3. The molecule has 0 bridgehead atoms. The van der Waals surface area contributed by atoms with E-state index in [1.54, 1.807) is 11.3 Å². The monoisotopic (exact) mass is 282 g/mol. The van der Waals surface area contributed by atoms with Gasteiger partial charge in [0.15, 0.2) is 5.13 Å². The number of anilines is 1. The molecule has 0 aliphatic carbocycles. The molecule has 0 aromatic carbocycles. The fraction of sp³-hybridized carbons (Fsp3) is 0.786. The zero-order valence-corrected chi connectivity index (χ0v) is 13.2. The molecule has 0 amide bonds. The van der Waals surface area contributed by atoms with Crippen LogP contribution < -0.4 is 10.2 Å². The minimum atomic E-state index is 0.516. The Bertz CT molecular complexity index is 369. The Morgan fingerprint density at radius 1 is 1.32 bits per heavy atom. The third kappa shape index (κ3) is 4.44. The molecule has 1 saturated heterocycles. The van der Waals surface area contributed by atoms with E-state index in [0.717, 1.165) is 19.6 Å². The lowest BCUT2D eigenvalue weighted by molar-refractivity contribution is 0.258. The molecule has 0 saturated carbocycles. The molecule has 2 rings (SSSR count). The first-order chi connectivity index (χ1) is 9.19.